The number of hydrogen-bond acceptors (Lipinski definition) is 3. The van der Waals surface area contributed by atoms with Crippen molar-refractivity contribution >= 4 is 11.6 Å². The Morgan fingerprint density at radius 2 is 1.85 bits per heavy atom. The van der Waals surface area contributed by atoms with Crippen LogP contribution in [0.1, 0.15) is 25.3 Å². The minimum Gasteiger partial charge on any atom is -0.378 e. The van der Waals surface area contributed by atoms with E-state index in [4.69, 9.17) is 0 Å². The third kappa shape index (κ3) is 3.51. The fraction of sp³-hybridized carbons (Fsp3) is 0.562. The number of carbonyl (C=O) groups excluding carboxylic acids is 1. The first-order valence-electron chi connectivity index (χ1n) is 7.26. The van der Waals surface area contributed by atoms with E-state index in [2.05, 4.69) is 46.7 Å². The van der Waals surface area contributed by atoms with Gasteiger partial charge in [0.15, 0.2) is 0 Å². The van der Waals surface area contributed by atoms with E-state index in [1.54, 1.807) is 0 Å². The largest absolute Gasteiger partial charge is 0.378 e. The fourth-order valence-electron chi connectivity index (χ4n) is 2.51. The number of nitrogens with one attached hydrogen (secondary N) is 2. The molecule has 4 nitrogen and oxygen atoms in total. The lowest BCUT2D eigenvalue weighted by atomic mass is 9.80. The van der Waals surface area contributed by atoms with Crippen LogP contribution in [-0.4, -0.2) is 33.1 Å². The number of carbonyl (C=O) groups is 1. The molecule has 2 rings (SSSR count). The quantitative estimate of drug-likeness (QED) is 0.880. The maximum absolute atomic E-state index is 12.3. The second kappa shape index (κ2) is 6.27. The molecule has 110 valence electrons. The van der Waals surface area contributed by atoms with Crippen molar-refractivity contribution in [1.82, 2.24) is 10.6 Å². The van der Waals surface area contributed by atoms with Gasteiger partial charge >= 0.3 is 0 Å². The van der Waals surface area contributed by atoms with Crippen LogP contribution in [0.3, 0.4) is 0 Å². The highest BCUT2D eigenvalue weighted by Gasteiger charge is 2.34. The Bertz CT molecular complexity index is 447. The SMILES string of the molecule is CN(C)c1ccc(CNC(=O)C2(C)CCNCC2)cc1. The third-order valence-electron chi connectivity index (χ3n) is 4.16. The Kier molecular flexibility index (Phi) is 4.65. The van der Waals surface area contributed by atoms with Crippen LogP contribution in [0.5, 0.6) is 0 Å². The number of rotatable bonds is 4. The monoisotopic (exact) mass is 275 g/mol. The molecule has 1 heterocycles. The van der Waals surface area contributed by atoms with Crippen LogP contribution in [0.4, 0.5) is 5.69 Å². The van der Waals surface area contributed by atoms with Crippen LogP contribution < -0.4 is 15.5 Å². The molecule has 1 aromatic carbocycles. The molecule has 2 N–H and O–H groups in total. The molecule has 0 saturated carbocycles. The second-order valence-corrected chi connectivity index (χ2v) is 6.05. The number of hydrogen-bond donors (Lipinski definition) is 2. The van der Waals surface area contributed by atoms with Gasteiger partial charge in [0.1, 0.15) is 0 Å². The summed E-state index contributed by atoms with van der Waals surface area (Å²) in [5.74, 6) is 0.177. The molecule has 0 spiro atoms. The van der Waals surface area contributed by atoms with Gasteiger partial charge in [0.05, 0.1) is 0 Å². The molecule has 0 aromatic heterocycles. The Morgan fingerprint density at radius 3 is 2.40 bits per heavy atom. The van der Waals surface area contributed by atoms with Crippen molar-refractivity contribution in [2.45, 2.75) is 26.3 Å². The molecule has 0 unspecified atom stereocenters. The van der Waals surface area contributed by atoms with Crippen LogP contribution in [0, 0.1) is 5.41 Å². The van der Waals surface area contributed by atoms with Crippen molar-refractivity contribution in [3.63, 3.8) is 0 Å². The lowest BCUT2D eigenvalue weighted by Crippen LogP contribution is -2.45. The van der Waals surface area contributed by atoms with Gasteiger partial charge in [-0.15, -0.1) is 0 Å². The Balaban J connectivity index is 1.89. The molecule has 0 aliphatic carbocycles. The van der Waals surface area contributed by atoms with Gasteiger partial charge in [0.25, 0.3) is 0 Å². The summed E-state index contributed by atoms with van der Waals surface area (Å²) in [6, 6.07) is 8.29. The summed E-state index contributed by atoms with van der Waals surface area (Å²) in [6.07, 6.45) is 1.83. The van der Waals surface area contributed by atoms with Gasteiger partial charge in [0, 0.05) is 31.7 Å². The van der Waals surface area contributed by atoms with Gasteiger partial charge in [-0.3, -0.25) is 4.79 Å². The smallest absolute Gasteiger partial charge is 0.226 e. The summed E-state index contributed by atoms with van der Waals surface area (Å²) in [7, 11) is 4.05. The van der Waals surface area contributed by atoms with Crippen LogP contribution >= 0.6 is 0 Å². The molecule has 1 aromatic rings. The topological polar surface area (TPSA) is 44.4 Å². The van der Waals surface area contributed by atoms with E-state index in [9.17, 15) is 4.79 Å². The third-order valence-corrected chi connectivity index (χ3v) is 4.16. The highest BCUT2D eigenvalue weighted by atomic mass is 16.2. The number of benzene rings is 1. The first-order valence-corrected chi connectivity index (χ1v) is 7.26. The number of nitrogens with zero attached hydrogens (tertiary/aromatic N) is 1. The van der Waals surface area contributed by atoms with E-state index >= 15 is 0 Å². The Morgan fingerprint density at radius 1 is 1.25 bits per heavy atom. The normalized spacial score (nSPS) is 17.6. The maximum Gasteiger partial charge on any atom is 0.226 e. The zero-order valence-electron chi connectivity index (χ0n) is 12.7. The molecule has 4 heteroatoms. The lowest BCUT2D eigenvalue weighted by molar-refractivity contribution is -0.131. The van der Waals surface area contributed by atoms with Gasteiger partial charge in [-0.05, 0) is 43.6 Å². The first kappa shape index (κ1) is 14.9. The van der Waals surface area contributed by atoms with Crippen LogP contribution in [0.25, 0.3) is 0 Å². The number of piperidine rings is 1. The molecule has 1 saturated heterocycles. The highest BCUT2D eigenvalue weighted by Crippen LogP contribution is 2.28. The molecule has 20 heavy (non-hydrogen) atoms. The minimum absolute atomic E-state index is 0.177. The summed E-state index contributed by atoms with van der Waals surface area (Å²) in [6.45, 7) is 4.54. The van der Waals surface area contributed by atoms with Crippen molar-refractivity contribution in [1.29, 1.82) is 0 Å². The molecular weight excluding hydrogens is 250 g/mol. The predicted octanol–water partition coefficient (Wildman–Crippen LogP) is 1.76. The summed E-state index contributed by atoms with van der Waals surface area (Å²) in [4.78, 5) is 14.4. The zero-order chi connectivity index (χ0) is 14.6. The molecule has 0 radical (unpaired) electrons. The molecule has 1 fully saturated rings. The summed E-state index contributed by atoms with van der Waals surface area (Å²) in [5.41, 5.74) is 2.10. The Labute approximate surface area is 121 Å². The van der Waals surface area contributed by atoms with Gasteiger partial charge < -0.3 is 15.5 Å². The minimum atomic E-state index is -0.213. The molecular formula is C16H25N3O. The second-order valence-electron chi connectivity index (χ2n) is 6.05. The van der Waals surface area contributed by atoms with Crippen LogP contribution in [0.15, 0.2) is 24.3 Å². The van der Waals surface area contributed by atoms with E-state index in [1.807, 2.05) is 14.1 Å². The van der Waals surface area contributed by atoms with Crippen molar-refractivity contribution < 1.29 is 4.79 Å². The highest BCUT2D eigenvalue weighted by molar-refractivity contribution is 5.82. The van der Waals surface area contributed by atoms with Crippen molar-refractivity contribution in [2.75, 3.05) is 32.1 Å². The molecule has 1 aliphatic rings. The average Bonchev–Trinajstić information content (AvgIpc) is 2.46. The lowest BCUT2D eigenvalue weighted by Gasteiger charge is -2.32. The van der Waals surface area contributed by atoms with Gasteiger partial charge in [-0.2, -0.15) is 0 Å². The van der Waals surface area contributed by atoms with E-state index in [0.29, 0.717) is 6.54 Å². The molecule has 1 amide bonds. The molecule has 0 atom stereocenters. The molecule has 1 aliphatic heterocycles. The van der Waals surface area contributed by atoms with Gasteiger partial charge in [-0.25, -0.2) is 0 Å². The van der Waals surface area contributed by atoms with E-state index in [1.165, 1.54) is 5.69 Å². The summed E-state index contributed by atoms with van der Waals surface area (Å²) < 4.78 is 0. The zero-order valence-corrected chi connectivity index (χ0v) is 12.7. The first-order chi connectivity index (χ1) is 9.51. The number of amides is 1. The van der Waals surface area contributed by atoms with E-state index in [-0.39, 0.29) is 11.3 Å². The molecule has 0 bridgehead atoms. The average molecular weight is 275 g/mol. The van der Waals surface area contributed by atoms with Gasteiger partial charge in [-0.1, -0.05) is 19.1 Å². The van der Waals surface area contributed by atoms with E-state index in [0.717, 1.165) is 31.5 Å². The van der Waals surface area contributed by atoms with E-state index < -0.39 is 0 Å². The fourth-order valence-corrected chi connectivity index (χ4v) is 2.51. The summed E-state index contributed by atoms with van der Waals surface area (Å²) >= 11 is 0. The van der Waals surface area contributed by atoms with Crippen LogP contribution in [0.2, 0.25) is 0 Å². The Hall–Kier alpha value is -1.55. The van der Waals surface area contributed by atoms with Gasteiger partial charge in [0.2, 0.25) is 5.91 Å². The van der Waals surface area contributed by atoms with Crippen molar-refractivity contribution in [3.8, 4) is 0 Å². The summed E-state index contributed by atoms with van der Waals surface area (Å²) in [5, 5.41) is 6.38. The van der Waals surface area contributed by atoms with Crippen molar-refractivity contribution in [3.05, 3.63) is 29.8 Å². The number of anilines is 1. The maximum atomic E-state index is 12.3. The van der Waals surface area contributed by atoms with Crippen molar-refractivity contribution in [2.24, 2.45) is 5.41 Å². The van der Waals surface area contributed by atoms with Crippen LogP contribution in [-0.2, 0) is 11.3 Å². The standard InChI is InChI=1S/C16H25N3O/c1-16(8-10-17-11-9-16)15(20)18-12-13-4-6-14(7-5-13)19(2)3/h4-7,17H,8-12H2,1-3H3,(H,18,20). The predicted molar refractivity (Wildman–Crippen MR) is 82.8 cm³/mol.